The molecule has 0 radical (unpaired) electrons. The highest BCUT2D eigenvalue weighted by Crippen LogP contribution is 2.14. The second-order valence-corrected chi connectivity index (χ2v) is 4.46. The van der Waals surface area contributed by atoms with Crippen LogP contribution in [0.4, 0.5) is 0 Å². The Balaban J connectivity index is 1.88. The molecule has 0 bridgehead atoms. The highest BCUT2D eigenvalue weighted by Gasteiger charge is 2.29. The average Bonchev–Trinajstić information content (AvgIpc) is 2.71. The smallest absolute Gasteiger partial charge is 0.0599 e. The molecule has 0 spiro atoms. The van der Waals surface area contributed by atoms with Crippen LogP contribution in [0.2, 0.25) is 0 Å². The summed E-state index contributed by atoms with van der Waals surface area (Å²) in [5, 5.41) is 12.6. The molecule has 4 heteroatoms. The van der Waals surface area contributed by atoms with Crippen LogP contribution < -0.4 is 5.32 Å². The van der Waals surface area contributed by atoms with E-state index in [-0.39, 0.29) is 6.61 Å². The second-order valence-electron chi connectivity index (χ2n) is 4.46. The molecule has 2 aliphatic rings. The third-order valence-electron chi connectivity index (χ3n) is 3.57. The number of nitrogens with one attached hydrogen (secondary N) is 1. The van der Waals surface area contributed by atoms with E-state index in [9.17, 15) is 5.11 Å². The summed E-state index contributed by atoms with van der Waals surface area (Å²) in [7, 11) is 2.10. The molecule has 2 unspecified atom stereocenters. The minimum Gasteiger partial charge on any atom is -0.395 e. The number of aliphatic hydroxyl groups excluding tert-OH is 1. The van der Waals surface area contributed by atoms with Crippen molar-refractivity contribution >= 4 is 0 Å². The highest BCUT2D eigenvalue weighted by molar-refractivity contribution is 4.87. The van der Waals surface area contributed by atoms with E-state index in [0.717, 1.165) is 32.7 Å². The van der Waals surface area contributed by atoms with Gasteiger partial charge in [0, 0.05) is 38.3 Å². The zero-order valence-corrected chi connectivity index (χ0v) is 8.95. The molecule has 0 aromatic rings. The average molecular weight is 199 g/mol. The first-order valence-corrected chi connectivity index (χ1v) is 5.57. The molecule has 2 aliphatic heterocycles. The van der Waals surface area contributed by atoms with Crippen molar-refractivity contribution in [1.82, 2.24) is 15.1 Å². The van der Waals surface area contributed by atoms with Gasteiger partial charge in [-0.15, -0.1) is 0 Å². The standard InChI is InChI=1S/C10H21N3O/c1-12-4-5-13(7-10(12)8-14)9-2-3-11-6-9/h9-11,14H,2-8H2,1H3. The molecule has 0 aromatic carbocycles. The highest BCUT2D eigenvalue weighted by atomic mass is 16.3. The van der Waals surface area contributed by atoms with Crippen molar-refractivity contribution in [3.63, 3.8) is 0 Å². The number of piperazine rings is 1. The van der Waals surface area contributed by atoms with Crippen LogP contribution in [0, 0.1) is 0 Å². The lowest BCUT2D eigenvalue weighted by Gasteiger charge is -2.41. The van der Waals surface area contributed by atoms with Gasteiger partial charge in [-0.05, 0) is 20.0 Å². The zero-order valence-electron chi connectivity index (χ0n) is 8.95. The van der Waals surface area contributed by atoms with E-state index in [1.807, 2.05) is 0 Å². The van der Waals surface area contributed by atoms with Crippen molar-refractivity contribution in [3.05, 3.63) is 0 Å². The molecule has 82 valence electrons. The number of likely N-dealkylation sites (N-methyl/N-ethyl adjacent to an activating group) is 1. The van der Waals surface area contributed by atoms with Gasteiger partial charge in [0.2, 0.25) is 0 Å². The second kappa shape index (κ2) is 4.57. The molecule has 0 aliphatic carbocycles. The topological polar surface area (TPSA) is 38.7 Å². The number of nitrogens with zero attached hydrogens (tertiary/aromatic N) is 2. The van der Waals surface area contributed by atoms with Gasteiger partial charge in [-0.2, -0.15) is 0 Å². The summed E-state index contributed by atoms with van der Waals surface area (Å²) in [6.45, 7) is 5.83. The lowest BCUT2D eigenvalue weighted by Crippen LogP contribution is -2.56. The Bertz CT molecular complexity index is 182. The van der Waals surface area contributed by atoms with Gasteiger partial charge in [-0.3, -0.25) is 9.80 Å². The predicted molar refractivity (Wildman–Crippen MR) is 56.4 cm³/mol. The van der Waals surface area contributed by atoms with Crippen LogP contribution >= 0.6 is 0 Å². The summed E-state index contributed by atoms with van der Waals surface area (Å²) in [5.74, 6) is 0. The summed E-state index contributed by atoms with van der Waals surface area (Å²) in [4.78, 5) is 4.79. The normalized spacial score (nSPS) is 36.4. The summed E-state index contributed by atoms with van der Waals surface area (Å²) in [6, 6.07) is 1.04. The van der Waals surface area contributed by atoms with Gasteiger partial charge in [-0.1, -0.05) is 0 Å². The number of aliphatic hydroxyl groups is 1. The third-order valence-corrected chi connectivity index (χ3v) is 3.57. The van der Waals surface area contributed by atoms with E-state index in [2.05, 4.69) is 22.2 Å². The van der Waals surface area contributed by atoms with Gasteiger partial charge in [0.1, 0.15) is 0 Å². The summed E-state index contributed by atoms with van der Waals surface area (Å²) < 4.78 is 0. The maximum atomic E-state index is 9.24. The van der Waals surface area contributed by atoms with Crippen LogP contribution in [0.3, 0.4) is 0 Å². The van der Waals surface area contributed by atoms with E-state index in [0.29, 0.717) is 12.1 Å². The Morgan fingerprint density at radius 3 is 2.93 bits per heavy atom. The molecule has 2 N–H and O–H groups in total. The van der Waals surface area contributed by atoms with Crippen LogP contribution in [-0.2, 0) is 0 Å². The quantitative estimate of drug-likeness (QED) is 0.596. The molecule has 0 saturated carbocycles. The van der Waals surface area contributed by atoms with Crippen molar-refractivity contribution in [2.45, 2.75) is 18.5 Å². The molecular formula is C10H21N3O. The van der Waals surface area contributed by atoms with Crippen LogP contribution in [-0.4, -0.2) is 73.4 Å². The molecule has 2 rings (SSSR count). The maximum Gasteiger partial charge on any atom is 0.0599 e. The van der Waals surface area contributed by atoms with Gasteiger partial charge < -0.3 is 10.4 Å². The van der Waals surface area contributed by atoms with Gasteiger partial charge in [-0.25, -0.2) is 0 Å². The Hall–Kier alpha value is -0.160. The molecule has 4 nitrogen and oxygen atoms in total. The van der Waals surface area contributed by atoms with Gasteiger partial charge >= 0.3 is 0 Å². The molecule has 0 amide bonds. The first-order valence-electron chi connectivity index (χ1n) is 5.57. The Kier molecular flexibility index (Phi) is 3.38. The minimum absolute atomic E-state index is 0.285. The first-order chi connectivity index (χ1) is 6.81. The lowest BCUT2D eigenvalue weighted by atomic mass is 10.1. The molecule has 0 aromatic heterocycles. The fraction of sp³-hybridized carbons (Fsp3) is 1.00. The Morgan fingerprint density at radius 2 is 2.29 bits per heavy atom. The van der Waals surface area contributed by atoms with Crippen LogP contribution in [0.15, 0.2) is 0 Å². The summed E-state index contributed by atoms with van der Waals surface area (Å²) in [6.07, 6.45) is 1.27. The number of hydrogen-bond acceptors (Lipinski definition) is 4. The van der Waals surface area contributed by atoms with E-state index in [1.54, 1.807) is 0 Å². The Labute approximate surface area is 85.9 Å². The monoisotopic (exact) mass is 199 g/mol. The minimum atomic E-state index is 0.285. The fourth-order valence-electron chi connectivity index (χ4n) is 2.45. The van der Waals surface area contributed by atoms with Gasteiger partial charge in [0.15, 0.2) is 0 Å². The molecule has 2 heterocycles. The third kappa shape index (κ3) is 2.08. The van der Waals surface area contributed by atoms with Gasteiger partial charge in [0.05, 0.1) is 6.61 Å². The van der Waals surface area contributed by atoms with E-state index < -0.39 is 0 Å². The zero-order chi connectivity index (χ0) is 9.97. The van der Waals surface area contributed by atoms with Crippen molar-refractivity contribution in [3.8, 4) is 0 Å². The predicted octanol–water partition coefficient (Wildman–Crippen LogP) is -1.04. The van der Waals surface area contributed by atoms with Crippen molar-refractivity contribution in [1.29, 1.82) is 0 Å². The molecule has 2 atom stereocenters. The maximum absolute atomic E-state index is 9.24. The van der Waals surface area contributed by atoms with Crippen molar-refractivity contribution < 1.29 is 5.11 Å². The van der Waals surface area contributed by atoms with Crippen molar-refractivity contribution in [2.75, 3.05) is 46.4 Å². The summed E-state index contributed by atoms with van der Waals surface area (Å²) >= 11 is 0. The molecule has 14 heavy (non-hydrogen) atoms. The van der Waals surface area contributed by atoms with E-state index in [1.165, 1.54) is 6.42 Å². The number of rotatable bonds is 2. The first kappa shape index (κ1) is 10.4. The van der Waals surface area contributed by atoms with E-state index in [4.69, 9.17) is 0 Å². The van der Waals surface area contributed by atoms with Crippen LogP contribution in [0.5, 0.6) is 0 Å². The molecular weight excluding hydrogens is 178 g/mol. The van der Waals surface area contributed by atoms with Crippen LogP contribution in [0.1, 0.15) is 6.42 Å². The summed E-state index contributed by atoms with van der Waals surface area (Å²) in [5.41, 5.74) is 0. The molecule has 2 fully saturated rings. The van der Waals surface area contributed by atoms with Gasteiger partial charge in [0.25, 0.3) is 0 Å². The molecule has 2 saturated heterocycles. The number of hydrogen-bond donors (Lipinski definition) is 2. The lowest BCUT2D eigenvalue weighted by molar-refractivity contribution is 0.0395. The van der Waals surface area contributed by atoms with Crippen LogP contribution in [0.25, 0.3) is 0 Å². The SMILES string of the molecule is CN1CCN(C2CCNC2)CC1CO. The van der Waals surface area contributed by atoms with Crippen molar-refractivity contribution in [2.24, 2.45) is 0 Å². The Morgan fingerprint density at radius 1 is 1.43 bits per heavy atom. The fourth-order valence-corrected chi connectivity index (χ4v) is 2.45. The van der Waals surface area contributed by atoms with E-state index >= 15 is 0 Å². The largest absolute Gasteiger partial charge is 0.395 e.